The number of likely N-dealkylation sites (tertiary alicyclic amines) is 2. The summed E-state index contributed by atoms with van der Waals surface area (Å²) in [6.45, 7) is 7.12. The molecule has 0 radical (unpaired) electrons. The Bertz CT molecular complexity index is 798. The minimum Gasteiger partial charge on any atom is -0.491 e. The maximum atomic E-state index is 8.88. The van der Waals surface area contributed by atoms with Gasteiger partial charge in [0.15, 0.2) is 5.16 Å². The standard InChI is InChI=1S/C24H34N4O2S/c29-15-16-30-22-7-5-20(6-8-22)18-28-13-3-4-21(19-28)23-9-10-25-24(26-23)31-17-14-27-11-1-2-12-27/h5-10,21,29H,1-4,11-19H2/t21-/m1/s1. The van der Waals surface area contributed by atoms with E-state index in [2.05, 4.69) is 33.0 Å². The molecule has 1 N–H and O–H groups in total. The van der Waals surface area contributed by atoms with Gasteiger partial charge in [-0.05, 0) is 69.1 Å². The predicted molar refractivity (Wildman–Crippen MR) is 125 cm³/mol. The lowest BCUT2D eigenvalue weighted by Gasteiger charge is -2.32. The molecule has 0 aliphatic carbocycles. The third kappa shape index (κ3) is 6.91. The quantitative estimate of drug-likeness (QED) is 0.447. The van der Waals surface area contributed by atoms with Gasteiger partial charge < -0.3 is 14.7 Å². The Kier molecular flexibility index (Phi) is 8.58. The number of benzene rings is 1. The highest BCUT2D eigenvalue weighted by molar-refractivity contribution is 7.99. The topological polar surface area (TPSA) is 61.7 Å². The Balaban J connectivity index is 1.28. The van der Waals surface area contributed by atoms with Crippen LogP contribution in [0.3, 0.4) is 0 Å². The maximum absolute atomic E-state index is 8.88. The van der Waals surface area contributed by atoms with Gasteiger partial charge in [0.2, 0.25) is 0 Å². The van der Waals surface area contributed by atoms with Gasteiger partial charge in [-0.1, -0.05) is 23.9 Å². The molecule has 6 nitrogen and oxygen atoms in total. The number of hydrogen-bond donors (Lipinski definition) is 1. The zero-order chi connectivity index (χ0) is 21.3. The Hall–Kier alpha value is -1.67. The fourth-order valence-corrected chi connectivity index (χ4v) is 5.31. The molecule has 1 aromatic carbocycles. The van der Waals surface area contributed by atoms with E-state index < -0.39 is 0 Å². The van der Waals surface area contributed by atoms with Crippen molar-refractivity contribution in [2.75, 3.05) is 51.7 Å². The summed E-state index contributed by atoms with van der Waals surface area (Å²) in [6, 6.07) is 10.3. The fraction of sp³-hybridized carbons (Fsp3) is 0.583. The molecule has 2 fully saturated rings. The molecule has 168 valence electrons. The van der Waals surface area contributed by atoms with Crippen molar-refractivity contribution in [3.05, 3.63) is 47.8 Å². The number of piperidine rings is 1. The normalized spacial score (nSPS) is 20.2. The monoisotopic (exact) mass is 442 g/mol. The molecule has 1 atom stereocenters. The molecule has 2 saturated heterocycles. The second-order valence-corrected chi connectivity index (χ2v) is 9.51. The summed E-state index contributed by atoms with van der Waals surface area (Å²) in [7, 11) is 0. The van der Waals surface area contributed by atoms with Crippen LogP contribution in [-0.2, 0) is 6.54 Å². The number of thioether (sulfide) groups is 1. The smallest absolute Gasteiger partial charge is 0.187 e. The van der Waals surface area contributed by atoms with E-state index in [4.69, 9.17) is 14.8 Å². The van der Waals surface area contributed by atoms with Crippen LogP contribution < -0.4 is 4.74 Å². The molecule has 0 spiro atoms. The summed E-state index contributed by atoms with van der Waals surface area (Å²) in [5.41, 5.74) is 2.48. The van der Waals surface area contributed by atoms with E-state index >= 15 is 0 Å². The van der Waals surface area contributed by atoms with Gasteiger partial charge in [-0.2, -0.15) is 0 Å². The maximum Gasteiger partial charge on any atom is 0.187 e. The first-order valence-corrected chi connectivity index (χ1v) is 12.5. The highest BCUT2D eigenvalue weighted by atomic mass is 32.2. The van der Waals surface area contributed by atoms with Crippen LogP contribution in [-0.4, -0.2) is 76.6 Å². The molecule has 0 unspecified atom stereocenters. The van der Waals surface area contributed by atoms with Gasteiger partial charge in [0, 0.05) is 43.2 Å². The van der Waals surface area contributed by atoms with E-state index in [0.29, 0.717) is 12.5 Å². The lowest BCUT2D eigenvalue weighted by Crippen LogP contribution is -2.34. The molecule has 2 aliphatic heterocycles. The molecule has 2 aromatic rings. The molecule has 0 bridgehead atoms. The molecule has 2 aliphatic rings. The van der Waals surface area contributed by atoms with Crippen molar-refractivity contribution in [1.29, 1.82) is 0 Å². The lowest BCUT2D eigenvalue weighted by molar-refractivity contribution is 0.197. The number of aliphatic hydroxyl groups is 1. The van der Waals surface area contributed by atoms with E-state index in [1.165, 1.54) is 50.0 Å². The molecule has 7 heteroatoms. The van der Waals surface area contributed by atoms with Crippen LogP contribution in [0, 0.1) is 0 Å². The third-order valence-corrected chi connectivity index (χ3v) is 6.95. The van der Waals surface area contributed by atoms with Gasteiger partial charge in [-0.25, -0.2) is 9.97 Å². The van der Waals surface area contributed by atoms with Crippen LogP contribution >= 0.6 is 11.8 Å². The van der Waals surface area contributed by atoms with Crippen LogP contribution in [0.25, 0.3) is 0 Å². The summed E-state index contributed by atoms with van der Waals surface area (Å²) < 4.78 is 5.46. The van der Waals surface area contributed by atoms with E-state index in [-0.39, 0.29) is 6.61 Å². The number of nitrogens with zero attached hydrogens (tertiary/aromatic N) is 4. The minimum absolute atomic E-state index is 0.0403. The van der Waals surface area contributed by atoms with Crippen LogP contribution in [0.4, 0.5) is 0 Å². The summed E-state index contributed by atoms with van der Waals surface area (Å²) in [6.07, 6.45) is 7.01. The van der Waals surface area contributed by atoms with Crippen molar-refractivity contribution < 1.29 is 9.84 Å². The lowest BCUT2D eigenvalue weighted by atomic mass is 9.94. The van der Waals surface area contributed by atoms with Gasteiger partial charge in [0.1, 0.15) is 12.4 Å². The Labute approximate surface area is 190 Å². The zero-order valence-electron chi connectivity index (χ0n) is 18.3. The zero-order valence-corrected chi connectivity index (χ0v) is 19.1. The van der Waals surface area contributed by atoms with Crippen LogP contribution in [0.5, 0.6) is 5.75 Å². The summed E-state index contributed by atoms with van der Waals surface area (Å²) >= 11 is 1.79. The molecule has 0 amide bonds. The summed E-state index contributed by atoms with van der Waals surface area (Å²) in [4.78, 5) is 14.5. The molecule has 1 aromatic heterocycles. The fourth-order valence-electron chi connectivity index (χ4n) is 4.48. The molecule has 3 heterocycles. The molecule has 0 saturated carbocycles. The molecular formula is C24H34N4O2S. The first-order chi connectivity index (χ1) is 15.3. The third-order valence-electron chi connectivity index (χ3n) is 6.11. The highest BCUT2D eigenvalue weighted by Gasteiger charge is 2.23. The Morgan fingerprint density at radius 2 is 1.84 bits per heavy atom. The minimum atomic E-state index is 0.0403. The number of aliphatic hydroxyl groups excluding tert-OH is 1. The van der Waals surface area contributed by atoms with E-state index in [9.17, 15) is 0 Å². The van der Waals surface area contributed by atoms with Crippen molar-refractivity contribution in [2.24, 2.45) is 0 Å². The van der Waals surface area contributed by atoms with Crippen molar-refractivity contribution >= 4 is 11.8 Å². The van der Waals surface area contributed by atoms with Crippen LogP contribution in [0.15, 0.2) is 41.7 Å². The number of ether oxygens (including phenoxy) is 1. The van der Waals surface area contributed by atoms with Crippen molar-refractivity contribution in [3.63, 3.8) is 0 Å². The second-order valence-electron chi connectivity index (χ2n) is 8.45. The van der Waals surface area contributed by atoms with Crippen molar-refractivity contribution in [2.45, 2.75) is 43.3 Å². The second kappa shape index (κ2) is 11.8. The van der Waals surface area contributed by atoms with Crippen LogP contribution in [0.1, 0.15) is 42.9 Å². The highest BCUT2D eigenvalue weighted by Crippen LogP contribution is 2.28. The first-order valence-electron chi connectivity index (χ1n) is 11.5. The van der Waals surface area contributed by atoms with Gasteiger partial charge in [-0.3, -0.25) is 4.90 Å². The predicted octanol–water partition coefficient (Wildman–Crippen LogP) is 3.42. The molecule has 4 rings (SSSR count). The summed E-state index contributed by atoms with van der Waals surface area (Å²) in [5, 5.41) is 9.80. The number of aromatic nitrogens is 2. The Morgan fingerprint density at radius 1 is 1.03 bits per heavy atom. The number of rotatable bonds is 10. The van der Waals surface area contributed by atoms with Crippen molar-refractivity contribution in [3.8, 4) is 5.75 Å². The van der Waals surface area contributed by atoms with Crippen molar-refractivity contribution in [1.82, 2.24) is 19.8 Å². The Morgan fingerprint density at radius 3 is 2.65 bits per heavy atom. The van der Waals surface area contributed by atoms with Gasteiger partial charge >= 0.3 is 0 Å². The largest absolute Gasteiger partial charge is 0.491 e. The average molecular weight is 443 g/mol. The first kappa shape index (κ1) is 22.5. The van der Waals surface area contributed by atoms with Gasteiger partial charge in [0.25, 0.3) is 0 Å². The average Bonchev–Trinajstić information content (AvgIpc) is 3.33. The SMILES string of the molecule is OCCOc1ccc(CN2CCC[C@@H](c3ccnc(SCCN4CCCC4)n3)C2)cc1. The van der Waals surface area contributed by atoms with Gasteiger partial charge in [-0.15, -0.1) is 0 Å². The van der Waals surface area contributed by atoms with E-state index in [0.717, 1.165) is 42.8 Å². The molecule has 31 heavy (non-hydrogen) atoms. The molecular weight excluding hydrogens is 408 g/mol. The summed E-state index contributed by atoms with van der Waals surface area (Å²) in [5.74, 6) is 2.35. The van der Waals surface area contributed by atoms with E-state index in [1.54, 1.807) is 11.8 Å². The number of hydrogen-bond acceptors (Lipinski definition) is 7. The van der Waals surface area contributed by atoms with Gasteiger partial charge in [0.05, 0.1) is 6.61 Å². The van der Waals surface area contributed by atoms with E-state index in [1.807, 2.05) is 18.3 Å². The van der Waals surface area contributed by atoms with Crippen LogP contribution in [0.2, 0.25) is 0 Å².